The van der Waals surface area contributed by atoms with Crippen LogP contribution in [0.2, 0.25) is 0 Å². The normalized spacial score (nSPS) is 18.2. The third kappa shape index (κ3) is 5.09. The zero-order valence-corrected chi connectivity index (χ0v) is 16.6. The van der Waals surface area contributed by atoms with E-state index >= 15 is 0 Å². The van der Waals surface area contributed by atoms with Crippen molar-refractivity contribution in [2.24, 2.45) is 0 Å². The van der Waals surface area contributed by atoms with Gasteiger partial charge in [-0.15, -0.1) is 0 Å². The second kappa shape index (κ2) is 8.56. The Morgan fingerprint density at radius 3 is 2.85 bits per heavy atom. The predicted molar refractivity (Wildman–Crippen MR) is 107 cm³/mol. The Morgan fingerprint density at radius 1 is 1.30 bits per heavy atom. The number of hydrogen-bond donors (Lipinski definition) is 1. The molecule has 2 heterocycles. The van der Waals surface area contributed by atoms with Crippen LogP contribution in [-0.2, 0) is 16.3 Å². The van der Waals surface area contributed by atoms with Crippen LogP contribution in [0.4, 0.5) is 11.6 Å². The lowest BCUT2D eigenvalue weighted by Crippen LogP contribution is -2.36. The molecule has 8 heteroatoms. The minimum absolute atomic E-state index is 0.0143. The molecule has 2 aromatic rings. The van der Waals surface area contributed by atoms with Crippen LogP contribution < -0.4 is 15.0 Å². The van der Waals surface area contributed by atoms with Gasteiger partial charge in [-0.1, -0.05) is 12.1 Å². The fourth-order valence-electron chi connectivity index (χ4n) is 3.39. The average molecular weight is 391 g/mol. The molecule has 1 N–H and O–H groups in total. The molecule has 0 saturated carbocycles. The first kappa shape index (κ1) is 19.4. The lowest BCUT2D eigenvalue weighted by Gasteiger charge is -2.28. The summed E-state index contributed by atoms with van der Waals surface area (Å²) in [7, 11) is -1.27. The van der Waals surface area contributed by atoms with E-state index in [4.69, 9.17) is 4.74 Å². The van der Waals surface area contributed by atoms with E-state index in [1.165, 1.54) is 11.9 Å². The van der Waals surface area contributed by atoms with E-state index in [1.807, 2.05) is 31.2 Å². The highest BCUT2D eigenvalue weighted by atomic mass is 32.2. The van der Waals surface area contributed by atoms with Crippen molar-refractivity contribution >= 4 is 21.5 Å². The van der Waals surface area contributed by atoms with Crippen LogP contribution in [-0.4, -0.2) is 56.1 Å². The van der Waals surface area contributed by atoms with Gasteiger partial charge in [0.25, 0.3) is 0 Å². The first-order chi connectivity index (χ1) is 13.0. The van der Waals surface area contributed by atoms with Crippen LogP contribution in [0, 0.1) is 0 Å². The smallest absolute Gasteiger partial charge is 0.152 e. The van der Waals surface area contributed by atoms with Crippen molar-refractivity contribution in [1.29, 1.82) is 0 Å². The van der Waals surface area contributed by atoms with Gasteiger partial charge in [-0.3, -0.25) is 0 Å². The van der Waals surface area contributed by atoms with Crippen molar-refractivity contribution in [2.45, 2.75) is 25.8 Å². The molecular weight excluding hydrogens is 364 g/mol. The first-order valence-electron chi connectivity index (χ1n) is 9.16. The highest BCUT2D eigenvalue weighted by molar-refractivity contribution is 7.91. The van der Waals surface area contributed by atoms with Gasteiger partial charge < -0.3 is 15.0 Å². The molecule has 27 heavy (non-hydrogen) atoms. The number of benzene rings is 1. The molecule has 1 aliphatic rings. The second-order valence-corrected chi connectivity index (χ2v) is 8.86. The second-order valence-electron chi connectivity index (χ2n) is 6.63. The van der Waals surface area contributed by atoms with Gasteiger partial charge in [0, 0.05) is 25.2 Å². The van der Waals surface area contributed by atoms with E-state index in [9.17, 15) is 8.42 Å². The third-order valence-corrected chi connectivity index (χ3v) is 6.54. The summed E-state index contributed by atoms with van der Waals surface area (Å²) in [6, 6.07) is 9.86. The standard InChI is InChI=1S/C19H26N4O3S/c1-3-23(16-8-10-27(24,25)13-16)19-12-18(21-14-22-19)20-9-7-15-5-4-6-17(11-15)26-2/h4-6,11-12,14,16H,3,7-10,13H2,1-2H3,(H,20,21,22). The fraction of sp³-hybridized carbons (Fsp3) is 0.474. The van der Waals surface area contributed by atoms with Crippen molar-refractivity contribution in [2.75, 3.05) is 41.9 Å². The minimum atomic E-state index is -2.93. The van der Waals surface area contributed by atoms with Crippen molar-refractivity contribution < 1.29 is 13.2 Å². The maximum atomic E-state index is 11.8. The number of methoxy groups -OCH3 is 1. The number of sulfone groups is 1. The van der Waals surface area contributed by atoms with Crippen molar-refractivity contribution in [3.63, 3.8) is 0 Å². The van der Waals surface area contributed by atoms with Crippen LogP contribution in [0.5, 0.6) is 5.75 Å². The van der Waals surface area contributed by atoms with E-state index in [0.29, 0.717) is 13.0 Å². The quantitative estimate of drug-likeness (QED) is 0.739. The van der Waals surface area contributed by atoms with Crippen molar-refractivity contribution in [1.82, 2.24) is 9.97 Å². The molecule has 1 aromatic carbocycles. The predicted octanol–water partition coefficient (Wildman–Crippen LogP) is 2.15. The Kier molecular flexibility index (Phi) is 6.15. The van der Waals surface area contributed by atoms with Crippen LogP contribution in [0.15, 0.2) is 36.7 Å². The third-order valence-electron chi connectivity index (χ3n) is 4.79. The van der Waals surface area contributed by atoms with Crippen molar-refractivity contribution in [3.8, 4) is 5.75 Å². The average Bonchev–Trinajstić information content (AvgIpc) is 3.02. The van der Waals surface area contributed by atoms with Gasteiger partial charge in [0.05, 0.1) is 18.6 Å². The van der Waals surface area contributed by atoms with Crippen LogP contribution in [0.25, 0.3) is 0 Å². The number of hydrogen-bond acceptors (Lipinski definition) is 7. The summed E-state index contributed by atoms with van der Waals surface area (Å²) >= 11 is 0. The molecule has 146 valence electrons. The van der Waals surface area contributed by atoms with Gasteiger partial charge in [0.1, 0.15) is 23.7 Å². The highest BCUT2D eigenvalue weighted by Gasteiger charge is 2.32. The SMILES string of the molecule is CCN(c1cc(NCCc2cccc(OC)c2)ncn1)C1CCS(=O)(=O)C1. The van der Waals surface area contributed by atoms with Gasteiger partial charge >= 0.3 is 0 Å². The molecule has 1 saturated heterocycles. The Morgan fingerprint density at radius 2 is 2.15 bits per heavy atom. The number of rotatable bonds is 8. The van der Waals surface area contributed by atoms with E-state index in [1.54, 1.807) is 7.11 Å². The van der Waals surface area contributed by atoms with Gasteiger partial charge in [-0.05, 0) is 37.5 Å². The summed E-state index contributed by atoms with van der Waals surface area (Å²) in [5.41, 5.74) is 1.18. The zero-order chi connectivity index (χ0) is 19.3. The maximum absolute atomic E-state index is 11.8. The van der Waals surface area contributed by atoms with E-state index in [-0.39, 0.29) is 17.5 Å². The first-order valence-corrected chi connectivity index (χ1v) is 11.0. The van der Waals surface area contributed by atoms with Crippen LogP contribution in [0.3, 0.4) is 0 Å². The Hall–Kier alpha value is -2.35. The molecule has 0 radical (unpaired) electrons. The Balaban J connectivity index is 1.62. The Bertz CT molecular complexity index is 873. The molecule has 0 bridgehead atoms. The zero-order valence-electron chi connectivity index (χ0n) is 15.8. The Labute approximate surface area is 160 Å². The molecule has 1 unspecified atom stereocenters. The highest BCUT2D eigenvalue weighted by Crippen LogP contribution is 2.23. The van der Waals surface area contributed by atoms with Gasteiger partial charge in [-0.2, -0.15) is 0 Å². The summed E-state index contributed by atoms with van der Waals surface area (Å²) < 4.78 is 28.8. The van der Waals surface area contributed by atoms with Crippen LogP contribution in [0.1, 0.15) is 18.9 Å². The largest absolute Gasteiger partial charge is 0.497 e. The molecule has 7 nitrogen and oxygen atoms in total. The number of aromatic nitrogens is 2. The molecule has 1 aromatic heterocycles. The van der Waals surface area contributed by atoms with Gasteiger partial charge in [-0.25, -0.2) is 18.4 Å². The molecule has 1 atom stereocenters. The molecule has 1 aliphatic heterocycles. The van der Waals surface area contributed by atoms with Gasteiger partial charge in [0.15, 0.2) is 9.84 Å². The molecule has 0 aliphatic carbocycles. The molecular formula is C19H26N4O3S. The topological polar surface area (TPSA) is 84.4 Å². The van der Waals surface area contributed by atoms with Gasteiger partial charge in [0.2, 0.25) is 0 Å². The van der Waals surface area contributed by atoms with E-state index in [2.05, 4.69) is 26.3 Å². The van der Waals surface area contributed by atoms with Crippen molar-refractivity contribution in [3.05, 3.63) is 42.2 Å². The van der Waals surface area contributed by atoms with Crippen LogP contribution >= 0.6 is 0 Å². The number of anilines is 2. The summed E-state index contributed by atoms with van der Waals surface area (Å²) in [4.78, 5) is 10.7. The minimum Gasteiger partial charge on any atom is -0.497 e. The van der Waals surface area contributed by atoms with E-state index in [0.717, 1.165) is 30.4 Å². The number of nitrogens with zero attached hydrogens (tertiary/aromatic N) is 3. The summed E-state index contributed by atoms with van der Waals surface area (Å²) in [5, 5.41) is 3.32. The molecule has 1 fully saturated rings. The monoisotopic (exact) mass is 390 g/mol. The molecule has 0 spiro atoms. The fourth-order valence-corrected chi connectivity index (χ4v) is 5.12. The molecule has 3 rings (SSSR count). The lowest BCUT2D eigenvalue weighted by atomic mass is 10.1. The summed E-state index contributed by atoms with van der Waals surface area (Å²) in [5.74, 6) is 2.80. The molecule has 0 amide bonds. The number of ether oxygens (including phenoxy) is 1. The summed E-state index contributed by atoms with van der Waals surface area (Å²) in [6.45, 7) is 3.46. The summed E-state index contributed by atoms with van der Waals surface area (Å²) in [6.07, 6.45) is 3.02. The maximum Gasteiger partial charge on any atom is 0.152 e. The number of nitrogens with one attached hydrogen (secondary N) is 1. The van der Waals surface area contributed by atoms with E-state index < -0.39 is 9.84 Å². The lowest BCUT2D eigenvalue weighted by molar-refractivity contribution is 0.414.